The zero-order valence-corrected chi connectivity index (χ0v) is 20.6. The molecule has 0 atom stereocenters. The summed E-state index contributed by atoms with van der Waals surface area (Å²) < 4.78 is 80.5. The average Bonchev–Trinajstić information content (AvgIpc) is 2.88. The Morgan fingerprint density at radius 1 is 0.921 bits per heavy atom. The summed E-state index contributed by atoms with van der Waals surface area (Å²) in [6.07, 6.45) is -2.72. The fourth-order valence-electron chi connectivity index (χ4n) is 4.47. The third kappa shape index (κ3) is 5.64. The van der Waals surface area contributed by atoms with Crippen molar-refractivity contribution in [1.82, 2.24) is 9.97 Å². The molecule has 0 spiro atoms. The Balaban J connectivity index is 1.21. The number of hydrogen-bond donors (Lipinski definition) is 1. The minimum atomic E-state index is -4.84. The van der Waals surface area contributed by atoms with Crippen LogP contribution in [0.15, 0.2) is 78.0 Å². The maximum absolute atomic E-state index is 13.5. The van der Waals surface area contributed by atoms with Gasteiger partial charge in [-0.05, 0) is 73.5 Å². The number of alkyl halides is 3. The topological polar surface area (TPSA) is 84.4 Å². The van der Waals surface area contributed by atoms with Gasteiger partial charge in [0.2, 0.25) is 0 Å². The van der Waals surface area contributed by atoms with E-state index in [0.717, 1.165) is 35.6 Å². The van der Waals surface area contributed by atoms with E-state index in [1.54, 1.807) is 6.07 Å². The Bertz CT molecular complexity index is 1540. The van der Waals surface area contributed by atoms with Crippen LogP contribution < -0.4 is 15.0 Å². The molecule has 12 heteroatoms. The molecule has 4 aromatic rings. The first kappa shape index (κ1) is 25.7. The standard InChI is InChI=1S/C26H22F4N4O3S/c27-17-1-10-23-24(15-17)31-16-32-25(23)33-18-2-4-19(5-3-18)34-13-11-22(12-14-34)38(35,36)21-8-6-20(7-9-21)37-26(28,29)30/h1-10,15-16,22H,11-14H2,(H,31,32,33). The zero-order valence-electron chi connectivity index (χ0n) is 19.8. The van der Waals surface area contributed by atoms with E-state index in [9.17, 15) is 26.0 Å². The molecule has 5 rings (SSSR count). The van der Waals surface area contributed by atoms with Crippen molar-refractivity contribution in [2.24, 2.45) is 0 Å². The molecule has 0 aliphatic carbocycles. The lowest BCUT2D eigenvalue weighted by atomic mass is 10.1. The van der Waals surface area contributed by atoms with Crippen LogP contribution in [0.3, 0.4) is 0 Å². The predicted octanol–water partition coefficient (Wildman–Crippen LogP) is 5.85. The third-order valence-electron chi connectivity index (χ3n) is 6.36. The van der Waals surface area contributed by atoms with Crippen molar-refractivity contribution in [1.29, 1.82) is 0 Å². The Labute approximate surface area is 216 Å². The number of aromatic nitrogens is 2. The quantitative estimate of drug-likeness (QED) is 0.304. The number of hydrogen-bond acceptors (Lipinski definition) is 7. The van der Waals surface area contributed by atoms with Gasteiger partial charge in [0.05, 0.1) is 15.7 Å². The minimum Gasteiger partial charge on any atom is -0.406 e. The second-order valence-electron chi connectivity index (χ2n) is 8.81. The van der Waals surface area contributed by atoms with Gasteiger partial charge in [0, 0.05) is 35.9 Å². The van der Waals surface area contributed by atoms with Crippen LogP contribution in [-0.4, -0.2) is 43.1 Å². The molecule has 2 heterocycles. The number of piperidine rings is 1. The molecule has 0 unspecified atom stereocenters. The summed E-state index contributed by atoms with van der Waals surface area (Å²) >= 11 is 0. The highest BCUT2D eigenvalue weighted by Crippen LogP contribution is 2.31. The summed E-state index contributed by atoms with van der Waals surface area (Å²) in [4.78, 5) is 10.4. The van der Waals surface area contributed by atoms with E-state index in [0.29, 0.717) is 42.7 Å². The number of nitrogens with zero attached hydrogens (tertiary/aromatic N) is 3. The second-order valence-corrected chi connectivity index (χ2v) is 11.0. The molecule has 1 fully saturated rings. The number of sulfone groups is 1. The summed E-state index contributed by atoms with van der Waals surface area (Å²) in [5, 5.41) is 3.27. The van der Waals surface area contributed by atoms with Crippen molar-refractivity contribution in [3.63, 3.8) is 0 Å². The van der Waals surface area contributed by atoms with Crippen molar-refractivity contribution >= 4 is 37.9 Å². The van der Waals surface area contributed by atoms with Gasteiger partial charge in [0.25, 0.3) is 0 Å². The summed E-state index contributed by atoms with van der Waals surface area (Å²) in [6.45, 7) is 1.02. The highest BCUT2D eigenvalue weighted by molar-refractivity contribution is 7.92. The van der Waals surface area contributed by atoms with E-state index in [-0.39, 0.29) is 10.7 Å². The molecule has 1 aromatic heterocycles. The molecule has 3 aromatic carbocycles. The molecule has 1 aliphatic heterocycles. The maximum atomic E-state index is 13.5. The summed E-state index contributed by atoms with van der Waals surface area (Å²) in [5.74, 6) is -0.297. The van der Waals surface area contributed by atoms with Crippen molar-refractivity contribution in [2.45, 2.75) is 29.3 Å². The van der Waals surface area contributed by atoms with E-state index in [4.69, 9.17) is 0 Å². The number of anilines is 3. The van der Waals surface area contributed by atoms with Gasteiger partial charge < -0.3 is 15.0 Å². The predicted molar refractivity (Wildman–Crippen MR) is 135 cm³/mol. The van der Waals surface area contributed by atoms with E-state index < -0.39 is 27.2 Å². The van der Waals surface area contributed by atoms with Gasteiger partial charge in [-0.25, -0.2) is 22.8 Å². The Morgan fingerprint density at radius 3 is 2.26 bits per heavy atom. The highest BCUT2D eigenvalue weighted by atomic mass is 32.2. The summed E-state index contributed by atoms with van der Waals surface area (Å²) in [7, 11) is -3.70. The second kappa shape index (κ2) is 10.1. The lowest BCUT2D eigenvalue weighted by Crippen LogP contribution is -2.39. The van der Waals surface area contributed by atoms with E-state index >= 15 is 0 Å². The van der Waals surface area contributed by atoms with Crippen molar-refractivity contribution in [3.05, 3.63) is 78.9 Å². The molecule has 38 heavy (non-hydrogen) atoms. The number of fused-ring (bicyclic) bond motifs is 1. The molecule has 0 saturated carbocycles. The van der Waals surface area contributed by atoms with Crippen LogP contribution in [0.25, 0.3) is 10.9 Å². The molecule has 1 N–H and O–H groups in total. The molecular formula is C26H22F4N4O3S. The molecule has 0 bridgehead atoms. The lowest BCUT2D eigenvalue weighted by molar-refractivity contribution is -0.274. The monoisotopic (exact) mass is 546 g/mol. The van der Waals surface area contributed by atoms with Gasteiger partial charge in [0.1, 0.15) is 23.7 Å². The van der Waals surface area contributed by atoms with E-state index in [1.165, 1.54) is 18.5 Å². The van der Waals surface area contributed by atoms with Crippen LogP contribution in [0.1, 0.15) is 12.8 Å². The zero-order chi connectivity index (χ0) is 26.9. The molecule has 1 saturated heterocycles. The van der Waals surface area contributed by atoms with Gasteiger partial charge in [0.15, 0.2) is 9.84 Å². The average molecular weight is 547 g/mol. The molecule has 0 radical (unpaired) electrons. The normalized spacial score (nSPS) is 15.0. The minimum absolute atomic E-state index is 0.0270. The Kier molecular flexibility index (Phi) is 6.82. The first-order valence-corrected chi connectivity index (χ1v) is 13.3. The van der Waals surface area contributed by atoms with Gasteiger partial charge in [-0.1, -0.05) is 0 Å². The third-order valence-corrected chi connectivity index (χ3v) is 8.64. The van der Waals surface area contributed by atoms with Crippen molar-refractivity contribution in [2.75, 3.05) is 23.3 Å². The van der Waals surface area contributed by atoms with Gasteiger partial charge >= 0.3 is 6.36 Å². The van der Waals surface area contributed by atoms with Gasteiger partial charge in [-0.3, -0.25) is 0 Å². The maximum Gasteiger partial charge on any atom is 0.573 e. The largest absolute Gasteiger partial charge is 0.573 e. The van der Waals surface area contributed by atoms with Crippen LogP contribution in [0.4, 0.5) is 34.8 Å². The van der Waals surface area contributed by atoms with E-state index in [2.05, 4.69) is 24.9 Å². The van der Waals surface area contributed by atoms with Crippen LogP contribution >= 0.6 is 0 Å². The SMILES string of the molecule is O=S(=O)(c1ccc(OC(F)(F)F)cc1)C1CCN(c2ccc(Nc3ncnc4cc(F)ccc34)cc2)CC1. The van der Waals surface area contributed by atoms with Crippen LogP contribution in [0.5, 0.6) is 5.75 Å². The Hall–Kier alpha value is -3.93. The van der Waals surface area contributed by atoms with E-state index in [1.807, 2.05) is 24.3 Å². The molecular weight excluding hydrogens is 524 g/mol. The van der Waals surface area contributed by atoms with Gasteiger partial charge in [-0.2, -0.15) is 0 Å². The Morgan fingerprint density at radius 2 is 1.61 bits per heavy atom. The van der Waals surface area contributed by atoms with Crippen LogP contribution in [-0.2, 0) is 9.84 Å². The van der Waals surface area contributed by atoms with Crippen molar-refractivity contribution in [3.8, 4) is 5.75 Å². The number of benzene rings is 3. The molecule has 198 valence electrons. The smallest absolute Gasteiger partial charge is 0.406 e. The number of halogens is 4. The number of rotatable bonds is 6. The molecule has 0 amide bonds. The first-order valence-electron chi connectivity index (χ1n) is 11.7. The van der Waals surface area contributed by atoms with Crippen LogP contribution in [0.2, 0.25) is 0 Å². The summed E-state index contributed by atoms with van der Waals surface area (Å²) in [6, 6.07) is 16.2. The number of ether oxygens (including phenoxy) is 1. The summed E-state index contributed by atoms with van der Waals surface area (Å²) in [5.41, 5.74) is 2.19. The van der Waals surface area contributed by atoms with Crippen LogP contribution in [0, 0.1) is 5.82 Å². The fraction of sp³-hybridized carbons (Fsp3) is 0.231. The highest BCUT2D eigenvalue weighted by Gasteiger charge is 2.33. The number of nitrogens with one attached hydrogen (secondary N) is 1. The molecule has 1 aliphatic rings. The first-order chi connectivity index (χ1) is 18.1. The van der Waals surface area contributed by atoms with Crippen molar-refractivity contribution < 1.29 is 30.7 Å². The lowest BCUT2D eigenvalue weighted by Gasteiger charge is -2.33. The van der Waals surface area contributed by atoms with Gasteiger partial charge in [-0.15, -0.1) is 13.2 Å². The fourth-order valence-corrected chi connectivity index (χ4v) is 6.20. The molecule has 7 nitrogen and oxygen atoms in total.